The second kappa shape index (κ2) is 2.87. The van der Waals surface area contributed by atoms with Gasteiger partial charge in [-0.15, -0.1) is 0 Å². The van der Waals surface area contributed by atoms with Gasteiger partial charge < -0.3 is 0 Å². The van der Waals surface area contributed by atoms with Gasteiger partial charge in [-0.05, 0) is 16.9 Å². The molecule has 1 saturated carbocycles. The van der Waals surface area contributed by atoms with Gasteiger partial charge in [0.15, 0.2) is 0 Å². The van der Waals surface area contributed by atoms with E-state index in [0.29, 0.717) is 0 Å². The van der Waals surface area contributed by atoms with Crippen LogP contribution < -0.4 is 0 Å². The minimum absolute atomic E-state index is 0.00413. The van der Waals surface area contributed by atoms with Gasteiger partial charge in [-0.2, -0.15) is 0 Å². The third-order valence-electron chi connectivity index (χ3n) is 2.60. The third kappa shape index (κ3) is 1.72. The SMILES string of the molecule is CC1(/[N+](O)=C/c2ccccc2)CC1. The van der Waals surface area contributed by atoms with E-state index in [9.17, 15) is 5.21 Å². The van der Waals surface area contributed by atoms with Gasteiger partial charge in [0.2, 0.25) is 11.8 Å². The zero-order valence-electron chi connectivity index (χ0n) is 7.77. The van der Waals surface area contributed by atoms with E-state index in [0.717, 1.165) is 18.4 Å². The molecule has 1 fully saturated rings. The van der Waals surface area contributed by atoms with Gasteiger partial charge in [0.05, 0.1) is 0 Å². The minimum atomic E-state index is -0.00413. The van der Waals surface area contributed by atoms with Crippen molar-refractivity contribution in [2.75, 3.05) is 0 Å². The van der Waals surface area contributed by atoms with Crippen molar-refractivity contribution in [2.45, 2.75) is 25.3 Å². The molecule has 0 atom stereocenters. The molecule has 0 spiro atoms. The van der Waals surface area contributed by atoms with Crippen molar-refractivity contribution >= 4 is 6.21 Å². The Morgan fingerprint density at radius 2 is 1.92 bits per heavy atom. The molecule has 0 amide bonds. The Bertz CT molecular complexity index is 325. The molecular formula is C11H14NO+. The van der Waals surface area contributed by atoms with E-state index in [1.165, 1.54) is 4.74 Å². The van der Waals surface area contributed by atoms with E-state index in [1.807, 2.05) is 30.3 Å². The van der Waals surface area contributed by atoms with E-state index in [4.69, 9.17) is 0 Å². The lowest BCUT2D eigenvalue weighted by atomic mass is 10.2. The summed E-state index contributed by atoms with van der Waals surface area (Å²) in [7, 11) is 0. The fourth-order valence-corrected chi connectivity index (χ4v) is 1.25. The molecule has 1 aromatic rings. The van der Waals surface area contributed by atoms with Crippen LogP contribution in [0.25, 0.3) is 0 Å². The highest BCUT2D eigenvalue weighted by Gasteiger charge is 2.50. The zero-order chi connectivity index (χ0) is 9.31. The number of hydrogen-bond donors (Lipinski definition) is 1. The highest BCUT2D eigenvalue weighted by atomic mass is 16.5. The molecule has 0 saturated heterocycles. The summed E-state index contributed by atoms with van der Waals surface area (Å²) in [5.41, 5.74) is 1.04. The van der Waals surface area contributed by atoms with Crippen LogP contribution in [0, 0.1) is 0 Å². The molecular weight excluding hydrogens is 162 g/mol. The summed E-state index contributed by atoms with van der Waals surface area (Å²) in [5, 5.41) is 9.68. The molecule has 68 valence electrons. The maximum absolute atomic E-state index is 9.68. The zero-order valence-corrected chi connectivity index (χ0v) is 7.77. The smallest absolute Gasteiger partial charge is 0.223 e. The maximum atomic E-state index is 9.68. The molecule has 0 aliphatic heterocycles. The molecule has 2 rings (SSSR count). The lowest BCUT2D eigenvalue weighted by molar-refractivity contribution is -0.804. The number of hydroxylamine groups is 1. The van der Waals surface area contributed by atoms with Gasteiger partial charge in [0, 0.05) is 25.3 Å². The normalized spacial score (nSPS) is 19.9. The lowest BCUT2D eigenvalue weighted by Crippen LogP contribution is -2.22. The third-order valence-corrected chi connectivity index (χ3v) is 2.60. The number of nitrogens with zero attached hydrogens (tertiary/aromatic N) is 1. The van der Waals surface area contributed by atoms with Crippen molar-refractivity contribution in [2.24, 2.45) is 0 Å². The Balaban J connectivity index is 2.21. The van der Waals surface area contributed by atoms with Crippen molar-refractivity contribution in [1.29, 1.82) is 0 Å². The van der Waals surface area contributed by atoms with E-state index in [1.54, 1.807) is 6.21 Å². The molecule has 0 unspecified atom stereocenters. The average molecular weight is 176 g/mol. The first-order chi connectivity index (χ1) is 6.21. The standard InChI is InChI=1S/C11H14NO/c1-11(7-8-11)12(13)9-10-5-3-2-4-6-10/h2-6,9,13H,7-8H2,1H3/q+1/b12-9-. The summed E-state index contributed by atoms with van der Waals surface area (Å²) >= 11 is 0. The Hall–Kier alpha value is -1.31. The van der Waals surface area contributed by atoms with Crippen molar-refractivity contribution in [3.05, 3.63) is 35.9 Å². The predicted octanol–water partition coefficient (Wildman–Crippen LogP) is 2.06. The van der Waals surface area contributed by atoms with Crippen molar-refractivity contribution in [3.63, 3.8) is 0 Å². The van der Waals surface area contributed by atoms with Crippen molar-refractivity contribution in [3.8, 4) is 0 Å². The molecule has 0 radical (unpaired) electrons. The molecule has 1 aromatic carbocycles. The number of benzene rings is 1. The molecule has 2 nitrogen and oxygen atoms in total. The molecule has 0 bridgehead atoms. The van der Waals surface area contributed by atoms with E-state index in [-0.39, 0.29) is 5.54 Å². The van der Waals surface area contributed by atoms with Gasteiger partial charge in [-0.25, -0.2) is 0 Å². The first kappa shape index (κ1) is 8.30. The summed E-state index contributed by atoms with van der Waals surface area (Å²) in [4.78, 5) is 0. The van der Waals surface area contributed by atoms with Gasteiger partial charge in [0.1, 0.15) is 0 Å². The van der Waals surface area contributed by atoms with Gasteiger partial charge in [-0.1, -0.05) is 18.2 Å². The summed E-state index contributed by atoms with van der Waals surface area (Å²) in [6.45, 7) is 2.06. The van der Waals surface area contributed by atoms with Crippen LogP contribution >= 0.6 is 0 Å². The van der Waals surface area contributed by atoms with Crippen LogP contribution in [0.4, 0.5) is 0 Å². The minimum Gasteiger partial charge on any atom is -0.290 e. The summed E-state index contributed by atoms with van der Waals surface area (Å²) in [6.07, 6.45) is 3.94. The molecule has 13 heavy (non-hydrogen) atoms. The van der Waals surface area contributed by atoms with Gasteiger partial charge in [0.25, 0.3) is 0 Å². The van der Waals surface area contributed by atoms with Gasteiger partial charge >= 0.3 is 0 Å². The van der Waals surface area contributed by atoms with E-state index < -0.39 is 0 Å². The predicted molar refractivity (Wildman–Crippen MR) is 51.3 cm³/mol. The quantitative estimate of drug-likeness (QED) is 0.317. The molecule has 1 aliphatic rings. The maximum Gasteiger partial charge on any atom is 0.223 e. The van der Waals surface area contributed by atoms with Crippen LogP contribution in [0.1, 0.15) is 25.3 Å². The first-order valence-electron chi connectivity index (χ1n) is 4.59. The van der Waals surface area contributed by atoms with Gasteiger partial charge in [-0.3, -0.25) is 5.21 Å². The van der Waals surface area contributed by atoms with Crippen molar-refractivity contribution in [1.82, 2.24) is 0 Å². The fourth-order valence-electron chi connectivity index (χ4n) is 1.25. The topological polar surface area (TPSA) is 23.2 Å². The van der Waals surface area contributed by atoms with Crippen LogP contribution in [0.3, 0.4) is 0 Å². The molecule has 0 aromatic heterocycles. The average Bonchev–Trinajstić information content (AvgIpc) is 2.87. The number of hydrogen-bond acceptors (Lipinski definition) is 1. The second-order valence-corrected chi connectivity index (χ2v) is 3.88. The highest BCUT2D eigenvalue weighted by Crippen LogP contribution is 2.37. The largest absolute Gasteiger partial charge is 0.290 e. The summed E-state index contributed by atoms with van der Waals surface area (Å²) < 4.78 is 1.34. The van der Waals surface area contributed by atoms with Crippen LogP contribution in [-0.2, 0) is 0 Å². The van der Waals surface area contributed by atoms with Crippen LogP contribution in [0.15, 0.2) is 30.3 Å². The van der Waals surface area contributed by atoms with Crippen LogP contribution in [0.5, 0.6) is 0 Å². The number of rotatable bonds is 2. The van der Waals surface area contributed by atoms with Crippen LogP contribution in [0.2, 0.25) is 0 Å². The highest BCUT2D eigenvalue weighted by molar-refractivity contribution is 5.75. The Kier molecular flexibility index (Phi) is 1.83. The lowest BCUT2D eigenvalue weighted by Gasteiger charge is -1.98. The monoisotopic (exact) mass is 176 g/mol. The molecule has 1 N–H and O–H groups in total. The Morgan fingerprint density at radius 1 is 1.31 bits per heavy atom. The van der Waals surface area contributed by atoms with E-state index in [2.05, 4.69) is 6.92 Å². The Labute approximate surface area is 78.1 Å². The second-order valence-electron chi connectivity index (χ2n) is 3.88. The summed E-state index contributed by atoms with van der Waals surface area (Å²) in [5.74, 6) is 0. The summed E-state index contributed by atoms with van der Waals surface area (Å²) in [6, 6.07) is 9.87. The van der Waals surface area contributed by atoms with Crippen molar-refractivity contribution < 1.29 is 9.95 Å². The molecule has 2 heteroatoms. The molecule has 0 heterocycles. The van der Waals surface area contributed by atoms with Crippen LogP contribution in [-0.4, -0.2) is 21.7 Å². The van der Waals surface area contributed by atoms with E-state index >= 15 is 0 Å². The Morgan fingerprint density at radius 3 is 2.46 bits per heavy atom. The fraction of sp³-hybridized carbons (Fsp3) is 0.364. The first-order valence-corrected chi connectivity index (χ1v) is 4.59. The molecule has 1 aliphatic carbocycles.